The van der Waals surface area contributed by atoms with Crippen LogP contribution in [0.2, 0.25) is 0 Å². The Morgan fingerprint density at radius 2 is 1.68 bits per heavy atom. The van der Waals surface area contributed by atoms with Gasteiger partial charge >= 0.3 is 0 Å². The first kappa shape index (κ1) is 19.6. The van der Waals surface area contributed by atoms with Gasteiger partial charge in [0, 0.05) is 36.2 Å². The highest BCUT2D eigenvalue weighted by Crippen LogP contribution is 2.26. The maximum Gasteiger partial charge on any atom is 0.177 e. The van der Waals surface area contributed by atoms with Gasteiger partial charge in [-0.15, -0.1) is 5.10 Å². The summed E-state index contributed by atoms with van der Waals surface area (Å²) in [6.07, 6.45) is 8.87. The molecule has 1 aliphatic carbocycles. The van der Waals surface area contributed by atoms with Gasteiger partial charge in [0.25, 0.3) is 0 Å². The van der Waals surface area contributed by atoms with Crippen molar-refractivity contribution in [2.45, 2.75) is 44.2 Å². The van der Waals surface area contributed by atoms with Crippen LogP contribution in [0.25, 0.3) is 5.65 Å². The van der Waals surface area contributed by atoms with Gasteiger partial charge in [-0.1, -0.05) is 42.5 Å². The monoisotopic (exact) mass is 412 g/mol. The highest BCUT2D eigenvalue weighted by Gasteiger charge is 2.19. The zero-order valence-electron chi connectivity index (χ0n) is 17.5. The molecular weight excluding hydrogens is 384 g/mol. The van der Waals surface area contributed by atoms with E-state index in [1.165, 1.54) is 11.1 Å². The zero-order chi connectivity index (χ0) is 21.0. The van der Waals surface area contributed by atoms with Crippen molar-refractivity contribution in [3.8, 4) is 0 Å². The van der Waals surface area contributed by atoms with Gasteiger partial charge in [0.05, 0.1) is 5.69 Å². The smallest absolute Gasteiger partial charge is 0.177 e. The Labute approximate surface area is 182 Å². The maximum atomic E-state index is 6.05. The fraction of sp³-hybridized carbons (Fsp3) is 0.280. The molecule has 1 fully saturated rings. The Kier molecular flexibility index (Phi) is 5.54. The van der Waals surface area contributed by atoms with Crippen LogP contribution in [-0.2, 0) is 6.42 Å². The standard InChI is InChI=1S/C25H28N6/c26-20-8-12-22(13-9-20)29-24-17-23(25-27-14-15-31(25)30-24)28-21-10-6-19(7-11-21)16-18-4-2-1-3-5-18/h1-7,10-11,14-15,17,20,22,28H,8-9,12-13,16,26H2,(H,29,30). The van der Waals surface area contributed by atoms with Crippen LogP contribution in [0.4, 0.5) is 17.2 Å². The van der Waals surface area contributed by atoms with Gasteiger partial charge in [-0.3, -0.25) is 0 Å². The lowest BCUT2D eigenvalue weighted by atomic mass is 9.92. The second-order valence-electron chi connectivity index (χ2n) is 8.38. The predicted octanol–water partition coefficient (Wildman–Crippen LogP) is 4.75. The molecule has 0 unspecified atom stereocenters. The summed E-state index contributed by atoms with van der Waals surface area (Å²) in [5, 5.41) is 11.8. The summed E-state index contributed by atoms with van der Waals surface area (Å²) >= 11 is 0. The van der Waals surface area contributed by atoms with Gasteiger partial charge in [0.15, 0.2) is 5.65 Å². The molecule has 4 N–H and O–H groups in total. The van der Waals surface area contributed by atoms with Gasteiger partial charge in [-0.2, -0.15) is 0 Å². The first-order valence-corrected chi connectivity index (χ1v) is 11.0. The molecule has 0 amide bonds. The number of fused-ring (bicyclic) bond motifs is 1. The number of benzene rings is 2. The van der Waals surface area contributed by atoms with Gasteiger partial charge in [0.2, 0.25) is 0 Å². The fourth-order valence-corrected chi connectivity index (χ4v) is 4.24. The van der Waals surface area contributed by atoms with Crippen LogP contribution in [-0.4, -0.2) is 26.7 Å². The SMILES string of the molecule is NC1CCC(Nc2cc(Nc3ccc(Cc4ccccc4)cc3)c3nccn3n2)CC1. The summed E-state index contributed by atoms with van der Waals surface area (Å²) in [5.41, 5.74) is 11.4. The van der Waals surface area contributed by atoms with E-state index in [0.717, 1.165) is 54.9 Å². The fourth-order valence-electron chi connectivity index (χ4n) is 4.24. The van der Waals surface area contributed by atoms with Crippen molar-refractivity contribution in [1.82, 2.24) is 14.6 Å². The van der Waals surface area contributed by atoms with E-state index in [0.29, 0.717) is 12.1 Å². The first-order valence-electron chi connectivity index (χ1n) is 11.0. The molecule has 158 valence electrons. The summed E-state index contributed by atoms with van der Waals surface area (Å²) in [4.78, 5) is 4.48. The van der Waals surface area contributed by atoms with Crippen LogP contribution < -0.4 is 16.4 Å². The Morgan fingerprint density at radius 1 is 0.935 bits per heavy atom. The molecule has 1 aliphatic rings. The van der Waals surface area contributed by atoms with Crippen LogP contribution in [0.15, 0.2) is 73.1 Å². The molecule has 6 heteroatoms. The largest absolute Gasteiger partial charge is 0.366 e. The molecule has 0 saturated heterocycles. The third-order valence-electron chi connectivity index (χ3n) is 5.97. The highest BCUT2D eigenvalue weighted by atomic mass is 15.3. The third kappa shape index (κ3) is 4.70. The molecule has 0 atom stereocenters. The topological polar surface area (TPSA) is 80.3 Å². The number of nitrogens with zero attached hydrogens (tertiary/aromatic N) is 3. The van der Waals surface area contributed by atoms with E-state index < -0.39 is 0 Å². The van der Waals surface area contributed by atoms with Crippen molar-refractivity contribution >= 4 is 22.8 Å². The van der Waals surface area contributed by atoms with Crippen molar-refractivity contribution < 1.29 is 0 Å². The normalized spacial score (nSPS) is 18.7. The number of aromatic nitrogens is 3. The van der Waals surface area contributed by atoms with E-state index >= 15 is 0 Å². The quantitative estimate of drug-likeness (QED) is 0.426. The highest BCUT2D eigenvalue weighted by molar-refractivity contribution is 5.75. The molecule has 2 aromatic heterocycles. The van der Waals surface area contributed by atoms with Gasteiger partial charge in [-0.05, 0) is 55.4 Å². The van der Waals surface area contributed by atoms with Crippen LogP contribution in [0, 0.1) is 0 Å². The van der Waals surface area contributed by atoms with Gasteiger partial charge in [0.1, 0.15) is 5.82 Å². The minimum Gasteiger partial charge on any atom is -0.366 e. The molecule has 2 heterocycles. The van der Waals surface area contributed by atoms with Crippen molar-refractivity contribution in [3.05, 3.63) is 84.2 Å². The summed E-state index contributed by atoms with van der Waals surface area (Å²) in [6.45, 7) is 0. The van der Waals surface area contributed by atoms with Crippen LogP contribution in [0.3, 0.4) is 0 Å². The number of nitrogens with two attached hydrogens (primary N) is 1. The van der Waals surface area contributed by atoms with Crippen molar-refractivity contribution in [2.24, 2.45) is 5.73 Å². The van der Waals surface area contributed by atoms with Crippen molar-refractivity contribution in [1.29, 1.82) is 0 Å². The van der Waals surface area contributed by atoms with E-state index in [1.54, 1.807) is 6.20 Å². The third-order valence-corrected chi connectivity index (χ3v) is 5.97. The second-order valence-corrected chi connectivity index (χ2v) is 8.38. The molecule has 0 bridgehead atoms. The van der Waals surface area contributed by atoms with E-state index in [4.69, 9.17) is 5.73 Å². The number of nitrogens with one attached hydrogen (secondary N) is 2. The Bertz CT molecular complexity index is 1130. The molecule has 5 rings (SSSR count). The Balaban J connectivity index is 1.33. The van der Waals surface area contributed by atoms with Crippen molar-refractivity contribution in [2.75, 3.05) is 10.6 Å². The lowest BCUT2D eigenvalue weighted by Gasteiger charge is -2.27. The average Bonchev–Trinajstić information content (AvgIpc) is 3.26. The molecule has 0 aliphatic heterocycles. The Hall–Kier alpha value is -3.38. The molecule has 6 nitrogen and oxygen atoms in total. The number of hydrogen-bond donors (Lipinski definition) is 3. The van der Waals surface area contributed by atoms with Gasteiger partial charge < -0.3 is 16.4 Å². The zero-order valence-corrected chi connectivity index (χ0v) is 17.5. The maximum absolute atomic E-state index is 6.05. The van der Waals surface area contributed by atoms with Crippen LogP contribution >= 0.6 is 0 Å². The van der Waals surface area contributed by atoms with E-state index in [1.807, 2.05) is 16.8 Å². The number of hydrogen-bond acceptors (Lipinski definition) is 5. The lowest BCUT2D eigenvalue weighted by Crippen LogP contribution is -2.33. The molecular formula is C25H28N6. The van der Waals surface area contributed by atoms with E-state index in [9.17, 15) is 0 Å². The summed E-state index contributed by atoms with van der Waals surface area (Å²) in [5.74, 6) is 0.856. The molecule has 4 aromatic rings. The predicted molar refractivity (Wildman–Crippen MR) is 126 cm³/mol. The molecule has 0 spiro atoms. The minimum atomic E-state index is 0.337. The lowest BCUT2D eigenvalue weighted by molar-refractivity contribution is 0.410. The number of rotatable bonds is 6. The molecule has 1 saturated carbocycles. The van der Waals surface area contributed by atoms with E-state index in [2.05, 4.69) is 75.3 Å². The average molecular weight is 413 g/mol. The summed E-state index contributed by atoms with van der Waals surface area (Å²) < 4.78 is 1.82. The number of imidazole rings is 1. The first-order chi connectivity index (χ1) is 15.2. The van der Waals surface area contributed by atoms with Gasteiger partial charge in [-0.25, -0.2) is 9.50 Å². The minimum absolute atomic E-state index is 0.337. The molecule has 31 heavy (non-hydrogen) atoms. The summed E-state index contributed by atoms with van der Waals surface area (Å²) in [7, 11) is 0. The van der Waals surface area contributed by atoms with Crippen LogP contribution in [0.1, 0.15) is 36.8 Å². The van der Waals surface area contributed by atoms with Crippen LogP contribution in [0.5, 0.6) is 0 Å². The second kappa shape index (κ2) is 8.78. The summed E-state index contributed by atoms with van der Waals surface area (Å²) in [6, 6.07) is 21.9. The molecule has 0 radical (unpaired) electrons. The molecule has 2 aromatic carbocycles. The van der Waals surface area contributed by atoms with Crippen molar-refractivity contribution in [3.63, 3.8) is 0 Å². The Morgan fingerprint density at radius 3 is 2.45 bits per heavy atom. The van der Waals surface area contributed by atoms with E-state index in [-0.39, 0.29) is 0 Å². The number of anilines is 3.